The van der Waals surface area contributed by atoms with Crippen molar-refractivity contribution in [2.45, 2.75) is 13.1 Å². The molecule has 1 aliphatic rings. The minimum Gasteiger partial charge on any atom is -0.326 e. The van der Waals surface area contributed by atoms with Crippen molar-refractivity contribution in [1.29, 1.82) is 0 Å². The Balaban J connectivity index is 1.95. The molecule has 4 nitrogen and oxygen atoms in total. The minimum absolute atomic E-state index is 0.568. The van der Waals surface area contributed by atoms with E-state index in [1.165, 1.54) is 0 Å². The summed E-state index contributed by atoms with van der Waals surface area (Å²) in [4.78, 5) is 6.70. The molecule has 0 unspecified atom stereocenters. The molecule has 1 saturated heterocycles. The maximum atomic E-state index is 5.50. The second-order valence-electron chi connectivity index (χ2n) is 3.57. The first-order valence-corrected chi connectivity index (χ1v) is 4.95. The van der Waals surface area contributed by atoms with Gasteiger partial charge in [0, 0.05) is 39.0 Å². The SMILES string of the molecule is NCc1ccc(CN2CCNC2)nc1. The van der Waals surface area contributed by atoms with Crippen LogP contribution in [0.5, 0.6) is 0 Å². The highest BCUT2D eigenvalue weighted by molar-refractivity contribution is 5.13. The summed E-state index contributed by atoms with van der Waals surface area (Å²) in [5.41, 5.74) is 7.71. The van der Waals surface area contributed by atoms with Crippen LogP contribution in [0, 0.1) is 0 Å². The molecule has 2 heterocycles. The van der Waals surface area contributed by atoms with E-state index in [1.54, 1.807) is 0 Å². The Morgan fingerprint density at radius 1 is 1.50 bits per heavy atom. The summed E-state index contributed by atoms with van der Waals surface area (Å²) < 4.78 is 0. The summed E-state index contributed by atoms with van der Waals surface area (Å²) in [5, 5.41) is 3.29. The van der Waals surface area contributed by atoms with Crippen molar-refractivity contribution >= 4 is 0 Å². The second kappa shape index (κ2) is 4.50. The molecule has 1 aliphatic heterocycles. The van der Waals surface area contributed by atoms with Gasteiger partial charge in [0.05, 0.1) is 5.69 Å². The molecule has 3 N–H and O–H groups in total. The zero-order valence-electron chi connectivity index (χ0n) is 8.24. The quantitative estimate of drug-likeness (QED) is 0.702. The van der Waals surface area contributed by atoms with Gasteiger partial charge in [-0.05, 0) is 11.6 Å². The highest BCUT2D eigenvalue weighted by atomic mass is 15.3. The smallest absolute Gasteiger partial charge is 0.0544 e. The lowest BCUT2D eigenvalue weighted by atomic mass is 10.2. The van der Waals surface area contributed by atoms with Crippen molar-refractivity contribution in [1.82, 2.24) is 15.2 Å². The van der Waals surface area contributed by atoms with E-state index < -0.39 is 0 Å². The molecule has 1 aromatic heterocycles. The predicted octanol–water partition coefficient (Wildman–Crippen LogP) is -0.0970. The first-order chi connectivity index (χ1) is 6.88. The molecule has 0 spiro atoms. The fourth-order valence-corrected chi connectivity index (χ4v) is 1.59. The summed E-state index contributed by atoms with van der Waals surface area (Å²) >= 11 is 0. The monoisotopic (exact) mass is 192 g/mol. The maximum absolute atomic E-state index is 5.50. The van der Waals surface area contributed by atoms with Gasteiger partial charge in [-0.3, -0.25) is 9.88 Å². The largest absolute Gasteiger partial charge is 0.326 e. The van der Waals surface area contributed by atoms with E-state index in [1.807, 2.05) is 12.3 Å². The zero-order chi connectivity index (χ0) is 9.80. The normalized spacial score (nSPS) is 17.5. The standard InChI is InChI=1S/C10H16N4/c11-5-9-1-2-10(13-6-9)7-14-4-3-12-8-14/h1-2,6,12H,3-5,7-8,11H2. The lowest BCUT2D eigenvalue weighted by Crippen LogP contribution is -2.21. The predicted molar refractivity (Wildman–Crippen MR) is 55.4 cm³/mol. The van der Waals surface area contributed by atoms with Gasteiger partial charge in [0.25, 0.3) is 0 Å². The third-order valence-corrected chi connectivity index (χ3v) is 2.45. The second-order valence-corrected chi connectivity index (χ2v) is 3.57. The van der Waals surface area contributed by atoms with E-state index in [9.17, 15) is 0 Å². The number of nitrogens with one attached hydrogen (secondary N) is 1. The van der Waals surface area contributed by atoms with E-state index in [2.05, 4.69) is 21.3 Å². The van der Waals surface area contributed by atoms with Gasteiger partial charge in [-0.25, -0.2) is 0 Å². The Labute approximate surface area is 84.1 Å². The molecule has 4 heteroatoms. The van der Waals surface area contributed by atoms with Gasteiger partial charge in [0.2, 0.25) is 0 Å². The molecule has 14 heavy (non-hydrogen) atoms. The van der Waals surface area contributed by atoms with E-state index >= 15 is 0 Å². The van der Waals surface area contributed by atoms with E-state index in [0.29, 0.717) is 6.54 Å². The van der Waals surface area contributed by atoms with Crippen molar-refractivity contribution in [2.24, 2.45) is 5.73 Å². The Morgan fingerprint density at radius 3 is 3.00 bits per heavy atom. The fourth-order valence-electron chi connectivity index (χ4n) is 1.59. The number of hydrogen-bond donors (Lipinski definition) is 2. The molecular formula is C10H16N4. The molecule has 1 fully saturated rings. The highest BCUT2D eigenvalue weighted by Gasteiger charge is 2.10. The van der Waals surface area contributed by atoms with Gasteiger partial charge < -0.3 is 11.1 Å². The maximum Gasteiger partial charge on any atom is 0.0544 e. The van der Waals surface area contributed by atoms with Gasteiger partial charge in [-0.15, -0.1) is 0 Å². The number of pyridine rings is 1. The molecule has 0 saturated carbocycles. The van der Waals surface area contributed by atoms with Crippen LogP contribution in [-0.4, -0.2) is 29.6 Å². The number of rotatable bonds is 3. The van der Waals surface area contributed by atoms with Gasteiger partial charge in [0.15, 0.2) is 0 Å². The van der Waals surface area contributed by atoms with Crippen LogP contribution in [0.25, 0.3) is 0 Å². The van der Waals surface area contributed by atoms with Crippen LogP contribution in [0.2, 0.25) is 0 Å². The average molecular weight is 192 g/mol. The summed E-state index contributed by atoms with van der Waals surface area (Å²) in [6.45, 7) is 4.66. The van der Waals surface area contributed by atoms with Crippen molar-refractivity contribution in [3.05, 3.63) is 29.6 Å². The Morgan fingerprint density at radius 2 is 2.43 bits per heavy atom. The molecule has 0 bridgehead atoms. The molecule has 0 amide bonds. The third-order valence-electron chi connectivity index (χ3n) is 2.45. The average Bonchev–Trinajstić information content (AvgIpc) is 2.72. The molecule has 0 aromatic carbocycles. The van der Waals surface area contributed by atoms with Crippen LogP contribution < -0.4 is 11.1 Å². The van der Waals surface area contributed by atoms with Crippen LogP contribution >= 0.6 is 0 Å². The van der Waals surface area contributed by atoms with Gasteiger partial charge >= 0.3 is 0 Å². The van der Waals surface area contributed by atoms with Crippen LogP contribution in [-0.2, 0) is 13.1 Å². The summed E-state index contributed by atoms with van der Waals surface area (Å²) in [5.74, 6) is 0. The fraction of sp³-hybridized carbons (Fsp3) is 0.500. The first-order valence-electron chi connectivity index (χ1n) is 4.95. The zero-order valence-corrected chi connectivity index (χ0v) is 8.24. The summed E-state index contributed by atoms with van der Waals surface area (Å²) in [6.07, 6.45) is 1.86. The lowest BCUT2D eigenvalue weighted by Gasteiger charge is -2.12. The number of aromatic nitrogens is 1. The topological polar surface area (TPSA) is 54.2 Å². The number of hydrogen-bond acceptors (Lipinski definition) is 4. The van der Waals surface area contributed by atoms with E-state index in [4.69, 9.17) is 5.73 Å². The van der Waals surface area contributed by atoms with Crippen LogP contribution in [0.15, 0.2) is 18.3 Å². The summed E-state index contributed by atoms with van der Waals surface area (Å²) in [7, 11) is 0. The van der Waals surface area contributed by atoms with Crippen LogP contribution in [0.1, 0.15) is 11.3 Å². The molecule has 76 valence electrons. The molecule has 0 atom stereocenters. The number of nitrogens with two attached hydrogens (primary N) is 1. The van der Waals surface area contributed by atoms with Crippen LogP contribution in [0.4, 0.5) is 0 Å². The van der Waals surface area contributed by atoms with Crippen molar-refractivity contribution < 1.29 is 0 Å². The van der Waals surface area contributed by atoms with Gasteiger partial charge in [0.1, 0.15) is 0 Å². The third kappa shape index (κ3) is 2.29. The summed E-state index contributed by atoms with van der Waals surface area (Å²) in [6, 6.07) is 4.10. The van der Waals surface area contributed by atoms with Crippen molar-refractivity contribution in [3.8, 4) is 0 Å². The first kappa shape index (κ1) is 9.58. The Bertz CT molecular complexity index is 277. The Hall–Kier alpha value is -0.970. The number of nitrogens with zero attached hydrogens (tertiary/aromatic N) is 2. The Kier molecular flexibility index (Phi) is 3.08. The molecule has 1 aromatic rings. The molecule has 0 aliphatic carbocycles. The van der Waals surface area contributed by atoms with Gasteiger partial charge in [-0.1, -0.05) is 6.07 Å². The lowest BCUT2D eigenvalue weighted by molar-refractivity contribution is 0.323. The van der Waals surface area contributed by atoms with Crippen LogP contribution in [0.3, 0.4) is 0 Å². The van der Waals surface area contributed by atoms with Crippen molar-refractivity contribution in [2.75, 3.05) is 19.8 Å². The van der Waals surface area contributed by atoms with E-state index in [0.717, 1.165) is 37.6 Å². The molecular weight excluding hydrogens is 176 g/mol. The minimum atomic E-state index is 0.568. The molecule has 2 rings (SSSR count). The van der Waals surface area contributed by atoms with Gasteiger partial charge in [-0.2, -0.15) is 0 Å². The van der Waals surface area contributed by atoms with Crippen molar-refractivity contribution in [3.63, 3.8) is 0 Å². The highest BCUT2D eigenvalue weighted by Crippen LogP contribution is 2.04. The van der Waals surface area contributed by atoms with E-state index in [-0.39, 0.29) is 0 Å². The molecule has 0 radical (unpaired) electrons.